The van der Waals surface area contributed by atoms with Crippen LogP contribution in [0.25, 0.3) is 0 Å². The lowest BCUT2D eigenvalue weighted by molar-refractivity contribution is -0.341. The highest BCUT2D eigenvalue weighted by molar-refractivity contribution is 5.90. The van der Waals surface area contributed by atoms with E-state index in [1.165, 1.54) is 0 Å². The Kier molecular flexibility index (Phi) is 27.7. The molecule has 0 bridgehead atoms. The highest BCUT2D eigenvalue weighted by Crippen LogP contribution is 2.46. The molecule has 6 aliphatic heterocycles. The van der Waals surface area contributed by atoms with E-state index in [9.17, 15) is 116 Å². The number of aliphatic hydroxyl groups excluding tert-OH is 19. The van der Waals surface area contributed by atoms with E-state index in [0.717, 1.165) is 0 Å². The number of carbonyl (C=O) groups excluding carboxylic acids is 3. The van der Waals surface area contributed by atoms with Gasteiger partial charge in [0.1, 0.15) is 148 Å². The molecule has 0 aromatic heterocycles. The van der Waals surface area contributed by atoms with E-state index in [-0.39, 0.29) is 89.9 Å². The molecule has 38 nitrogen and oxygen atoms in total. The van der Waals surface area contributed by atoms with Crippen LogP contribution in [0.4, 0.5) is 0 Å². The Bertz CT molecular complexity index is 2610. The van der Waals surface area contributed by atoms with Crippen LogP contribution in [0.1, 0.15) is 96.3 Å². The van der Waals surface area contributed by atoms with Gasteiger partial charge in [-0.1, -0.05) is 0 Å². The maximum atomic E-state index is 13.4. The Hall–Kier alpha value is -3.32. The summed E-state index contributed by atoms with van der Waals surface area (Å²) in [4.78, 5) is 50.2. The smallest absolute Gasteiger partial charge is 0.317 e. The molecule has 0 spiro atoms. The number of hydrogen-bond acceptors (Lipinski definition) is 37. The van der Waals surface area contributed by atoms with Crippen molar-refractivity contribution in [1.82, 2.24) is 0 Å². The molecule has 6 saturated heterocycles. The van der Waals surface area contributed by atoms with E-state index >= 15 is 0 Å². The number of carboxylic acids is 1. The summed E-state index contributed by atoms with van der Waals surface area (Å²) >= 11 is 0. The largest absolute Gasteiger partial charge is 0.481 e. The summed E-state index contributed by atoms with van der Waals surface area (Å²) in [5, 5.41) is 213. The quantitative estimate of drug-likeness (QED) is 0.0257. The third kappa shape index (κ3) is 18.4. The van der Waals surface area contributed by atoms with Gasteiger partial charge in [-0.2, -0.15) is 0 Å². The molecular weight excluding hydrogens is 1350 g/mol. The molecular formula is C62H98O38. The van der Waals surface area contributed by atoms with Crippen LogP contribution in [-0.2, 0) is 85.5 Å². The lowest BCUT2D eigenvalue weighted by atomic mass is 9.72. The van der Waals surface area contributed by atoms with Gasteiger partial charge in [-0.15, -0.1) is 0 Å². The average Bonchev–Trinajstić information content (AvgIpc) is 0.761. The summed E-state index contributed by atoms with van der Waals surface area (Å²) in [5.74, 6) is -7.07. The Labute approximate surface area is 571 Å². The molecule has 0 aromatic carbocycles. The van der Waals surface area contributed by atoms with Crippen molar-refractivity contribution in [1.29, 1.82) is 0 Å². The van der Waals surface area contributed by atoms with Crippen LogP contribution in [-0.4, -0.2) is 368 Å². The summed E-state index contributed by atoms with van der Waals surface area (Å²) in [7, 11) is 0. The molecule has 0 aromatic rings. The fourth-order valence-electron chi connectivity index (χ4n) is 15.2. The first-order valence-corrected chi connectivity index (χ1v) is 34.2. The van der Waals surface area contributed by atoms with Crippen LogP contribution in [0.15, 0.2) is 0 Å². The Balaban J connectivity index is 0.773. The Morgan fingerprint density at radius 3 is 1.12 bits per heavy atom. The highest BCUT2D eigenvalue weighted by Gasteiger charge is 2.56. The molecule has 0 radical (unpaired) electrons. The summed E-state index contributed by atoms with van der Waals surface area (Å²) in [5.41, 5.74) is 0. The van der Waals surface area contributed by atoms with E-state index < -0.39 is 295 Å². The summed E-state index contributed by atoms with van der Waals surface area (Å²) in [6, 6.07) is 0. The van der Waals surface area contributed by atoms with Crippen molar-refractivity contribution < 1.29 is 188 Å². The van der Waals surface area contributed by atoms with Crippen molar-refractivity contribution in [3.05, 3.63) is 0 Å². The third-order valence-electron chi connectivity index (χ3n) is 21.2. The molecule has 34 unspecified atom stereocenters. The number of ether oxygens (including phenoxy) is 14. The lowest BCUT2D eigenvalue weighted by Crippen LogP contribution is -2.63. The first-order valence-electron chi connectivity index (χ1n) is 34.2. The number of carboxylic acid groups (broad SMARTS) is 1. The normalized spacial score (nSPS) is 48.8. The predicted octanol–water partition coefficient (Wildman–Crippen LogP) is -9.49. The molecule has 4 aliphatic carbocycles. The third-order valence-corrected chi connectivity index (χ3v) is 21.2. The van der Waals surface area contributed by atoms with Crippen molar-refractivity contribution in [3.8, 4) is 0 Å². The molecule has 4 saturated carbocycles. The summed E-state index contributed by atoms with van der Waals surface area (Å²) in [6.07, 6.45) is -50.7. The van der Waals surface area contributed by atoms with E-state index in [1.807, 2.05) is 0 Å². The van der Waals surface area contributed by atoms with Crippen LogP contribution in [0.2, 0.25) is 0 Å². The number of aliphatic carboxylic acids is 1. The fourth-order valence-corrected chi connectivity index (χ4v) is 15.2. The average molecular weight is 1450 g/mol. The predicted molar refractivity (Wildman–Crippen MR) is 316 cm³/mol. The summed E-state index contributed by atoms with van der Waals surface area (Å²) < 4.78 is 82.1. The molecule has 20 N–H and O–H groups in total. The number of hydrogen-bond donors (Lipinski definition) is 20. The number of carbonyl (C=O) groups is 4. The van der Waals surface area contributed by atoms with Crippen molar-refractivity contribution in [3.63, 3.8) is 0 Å². The van der Waals surface area contributed by atoms with Crippen molar-refractivity contribution in [2.24, 2.45) is 23.7 Å². The fraction of sp³-hybridized carbons (Fsp3) is 0.935. The maximum Gasteiger partial charge on any atom is 0.317 e. The molecule has 38 heteroatoms. The van der Waals surface area contributed by atoms with Crippen molar-refractivity contribution in [2.75, 3.05) is 33.0 Å². The molecule has 100 heavy (non-hydrogen) atoms. The van der Waals surface area contributed by atoms with Crippen LogP contribution in [0, 0.1) is 23.7 Å². The Morgan fingerprint density at radius 2 is 0.710 bits per heavy atom. The SMILES string of the molecule is O=C(O)CC(=O)OCC1OC(OC2CC3C(O)CC(OC4OC(COC(=O)C5CCC(OC6OC(CO)C(O)C(O)C6O)CC5)C(O)C(O)C4O)CC3OC2C2CCC(O)C(OC3OC(COC(=O)C4CCC(OC5OC(CO)C(O)C(O)C5O)CC4)C(O)C(O)C3O)C2)C(O)C(O)C1O. The van der Waals surface area contributed by atoms with Crippen LogP contribution >= 0.6 is 0 Å². The standard InChI is InChI=1S/C62H98O38/c63-16-33-40(70)45(75)50(80)58(96-33)90-24-6-1-21(2-7-24)56(85)88-19-36-43(73)47(77)52(82)60(98-36)92-26-12-29(66)27-14-32(95-62-54(84)48(78)42(72)35(99-62)18-87-39(69)15-38(67)68)55(93-30(27)13-26)23-5-10-28(65)31(11-23)94-61-53(83)49(79)44(74)37(100-61)20-89-57(86)22-3-8-25(9-4-22)91-59-51(81)46(76)41(71)34(17-64)97-59/h21-37,40-55,58-66,70-84H,1-20H2,(H,67,68). The number of aliphatic hydroxyl groups is 19. The van der Waals surface area contributed by atoms with Gasteiger partial charge in [0.25, 0.3) is 0 Å². The van der Waals surface area contributed by atoms with Crippen molar-refractivity contribution in [2.45, 2.75) is 305 Å². The minimum atomic E-state index is -2.00. The number of fused-ring (bicyclic) bond motifs is 1. The van der Waals surface area contributed by atoms with E-state index in [2.05, 4.69) is 0 Å². The van der Waals surface area contributed by atoms with Crippen LogP contribution < -0.4 is 0 Å². The second-order valence-corrected chi connectivity index (χ2v) is 28.0. The molecule has 10 rings (SSSR count). The Morgan fingerprint density at radius 1 is 0.340 bits per heavy atom. The molecule has 10 fully saturated rings. The van der Waals surface area contributed by atoms with Gasteiger partial charge >= 0.3 is 23.9 Å². The zero-order valence-electron chi connectivity index (χ0n) is 54.4. The van der Waals surface area contributed by atoms with Crippen LogP contribution in [0.3, 0.4) is 0 Å². The minimum Gasteiger partial charge on any atom is -0.481 e. The van der Waals surface area contributed by atoms with Gasteiger partial charge in [0, 0.05) is 18.8 Å². The molecule has 6 heterocycles. The topological polar surface area (TPSA) is 602 Å². The van der Waals surface area contributed by atoms with E-state index in [0.29, 0.717) is 0 Å². The molecule has 0 amide bonds. The van der Waals surface area contributed by atoms with Gasteiger partial charge in [0.05, 0.1) is 80.0 Å². The second-order valence-electron chi connectivity index (χ2n) is 28.0. The van der Waals surface area contributed by atoms with Gasteiger partial charge in [-0.25, -0.2) is 0 Å². The minimum absolute atomic E-state index is 0.0291. The van der Waals surface area contributed by atoms with Gasteiger partial charge in [-0.3, -0.25) is 19.2 Å². The first kappa shape index (κ1) is 79.2. The van der Waals surface area contributed by atoms with E-state index in [1.54, 1.807) is 0 Å². The van der Waals surface area contributed by atoms with E-state index in [4.69, 9.17) is 71.4 Å². The lowest BCUT2D eigenvalue weighted by Gasteiger charge is -2.52. The molecule has 10 aliphatic rings. The first-order chi connectivity index (χ1) is 47.5. The van der Waals surface area contributed by atoms with Crippen LogP contribution in [0.5, 0.6) is 0 Å². The monoisotopic (exact) mass is 1450 g/mol. The highest BCUT2D eigenvalue weighted by atomic mass is 16.7. The summed E-state index contributed by atoms with van der Waals surface area (Å²) in [6.45, 7) is -3.37. The maximum absolute atomic E-state index is 13.4. The zero-order chi connectivity index (χ0) is 72.3. The second kappa shape index (κ2) is 34.9. The number of rotatable bonds is 23. The van der Waals surface area contributed by atoms with Gasteiger partial charge < -0.3 is 168 Å². The van der Waals surface area contributed by atoms with Gasteiger partial charge in [0.15, 0.2) is 31.5 Å². The number of esters is 3. The zero-order valence-corrected chi connectivity index (χ0v) is 54.4. The van der Waals surface area contributed by atoms with Gasteiger partial charge in [0.2, 0.25) is 0 Å². The molecule has 34 atom stereocenters. The van der Waals surface area contributed by atoms with Gasteiger partial charge in [-0.05, 0) is 83.0 Å². The molecule has 574 valence electrons. The van der Waals surface area contributed by atoms with Crippen molar-refractivity contribution >= 4 is 23.9 Å².